The Kier molecular flexibility index (Phi) is 1180000. The zero-order valence-corrected chi connectivity index (χ0v) is 4.92. The molecule has 0 heterocycles. The van der Waals surface area contributed by atoms with Gasteiger partial charge in [-0.25, -0.2) is 0 Å². The summed E-state index contributed by atoms with van der Waals surface area (Å²) in [5.74, 6) is 0. The van der Waals surface area contributed by atoms with Gasteiger partial charge in [-0.3, -0.25) is 0 Å². The van der Waals surface area contributed by atoms with Crippen molar-refractivity contribution >= 4 is 0 Å². The molecule has 0 radical (unpaired) electrons. The van der Waals surface area contributed by atoms with Gasteiger partial charge in [0.1, 0.15) is 0 Å². The van der Waals surface area contributed by atoms with E-state index in [1.54, 1.807) is 0 Å². The molecule has 0 saturated heterocycles. The van der Waals surface area contributed by atoms with E-state index >= 15 is 0 Å². The molecule has 0 atom stereocenters. The Morgan fingerprint density at radius 1 is 0.286 bits per heavy atom. The summed E-state index contributed by atoms with van der Waals surface area (Å²) in [6, 6.07) is 0. The van der Waals surface area contributed by atoms with Crippen LogP contribution in [-0.2, 0) is 17.1 Å². The molecule has 12 N–H and O–H groups in total. The van der Waals surface area contributed by atoms with E-state index in [0.717, 1.165) is 0 Å². The summed E-state index contributed by atoms with van der Waals surface area (Å²) in [6.45, 7) is 0. The van der Waals surface area contributed by atoms with Gasteiger partial charge in [-0.1, -0.05) is 0 Å². The van der Waals surface area contributed by atoms with Crippen molar-refractivity contribution in [1.82, 2.24) is 0 Å². The van der Waals surface area contributed by atoms with Gasteiger partial charge in [-0.05, 0) is 0 Å². The largest absolute Gasteiger partial charge is 6.00 e. The second-order valence-corrected chi connectivity index (χ2v) is 0. The summed E-state index contributed by atoms with van der Waals surface area (Å²) in [5.41, 5.74) is 0. The number of rotatable bonds is 0. The second-order valence-electron chi connectivity index (χ2n) is 0. The maximum Gasteiger partial charge on any atom is 6.00 e. The molecule has 0 amide bonds. The molecule has 0 aromatic carbocycles. The van der Waals surface area contributed by atoms with Crippen LogP contribution in [0.3, 0.4) is 0 Å². The molecule has 0 aromatic heterocycles. The molecule has 0 spiro atoms. The quantitative estimate of drug-likeness (QED) is 0.445. The van der Waals surface area contributed by atoms with E-state index in [-0.39, 0.29) is 54.0 Å². The third kappa shape index (κ3) is 1470. The fraction of sp³-hybridized carbons (Fsp3) is 0. The van der Waals surface area contributed by atoms with Crippen molar-refractivity contribution in [3.8, 4) is 0 Å². The Hall–Kier alpha value is 0.279. The van der Waals surface area contributed by atoms with Gasteiger partial charge in [0.15, 0.2) is 0 Å². The minimum absolute atomic E-state index is 0. The smallest absolute Gasteiger partial charge is 0.693 e. The Morgan fingerprint density at radius 3 is 0.286 bits per heavy atom. The first-order chi connectivity index (χ1) is 0. The monoisotopic (exact) mass is 152 g/mol. The van der Waals surface area contributed by atoms with Gasteiger partial charge < -0.3 is 36.9 Å². The molecule has 0 unspecified atom stereocenters. The van der Waals surface area contributed by atoms with Crippen LogP contribution in [-0.4, -0.2) is 0 Å². The van der Waals surface area contributed by atoms with Crippen LogP contribution in [0.15, 0.2) is 0 Å². The summed E-state index contributed by atoms with van der Waals surface area (Å²) in [5, 5.41) is 0. The van der Waals surface area contributed by atoms with E-state index in [1.807, 2.05) is 0 Å². The van der Waals surface area contributed by atoms with E-state index < -0.39 is 0 Å². The van der Waals surface area contributed by atoms with Crippen molar-refractivity contribution in [2.75, 3.05) is 0 Å². The first-order valence-electron chi connectivity index (χ1n) is 0. The van der Waals surface area contributed by atoms with Gasteiger partial charge in [-0.2, -0.15) is 0 Å². The van der Waals surface area contributed by atoms with Gasteiger partial charge in [0, 0.05) is 0 Å². The maximum absolute atomic E-state index is 0. The average molecular weight is 152 g/mol. The van der Waals surface area contributed by atoms with E-state index in [1.165, 1.54) is 0 Å². The molecule has 0 aliphatic carbocycles. The average Bonchev–Trinajstić information content (AvgIpc) is 0. The SMILES string of the molecule is [Fe+6].[NH2-].[NH2-].[NH2-].[NH2-].[NH2-].[NH2-]. The Bertz CT molecular complexity index is 4.14. The van der Waals surface area contributed by atoms with Crippen molar-refractivity contribution in [1.29, 1.82) is 0 Å². The topological polar surface area (TPSA) is 201 Å². The molecule has 7 heteroatoms. The van der Waals surface area contributed by atoms with Crippen LogP contribution in [0.2, 0.25) is 0 Å². The minimum Gasteiger partial charge on any atom is -0.693 e. The summed E-state index contributed by atoms with van der Waals surface area (Å²) in [4.78, 5) is 0. The molecule has 0 fully saturated rings. The Balaban J connectivity index is 0. The van der Waals surface area contributed by atoms with Crippen molar-refractivity contribution in [3.05, 3.63) is 36.9 Å². The first-order valence-corrected chi connectivity index (χ1v) is 0. The van der Waals surface area contributed by atoms with Crippen LogP contribution >= 0.6 is 0 Å². The molecule has 0 aromatic rings. The van der Waals surface area contributed by atoms with Crippen LogP contribution in [0.25, 0.3) is 36.9 Å². The van der Waals surface area contributed by atoms with Gasteiger partial charge in [-0.15, -0.1) is 0 Å². The Morgan fingerprint density at radius 2 is 0.286 bits per heavy atom. The predicted octanol–water partition coefficient (Wildman–Crippen LogP) is 4.30. The summed E-state index contributed by atoms with van der Waals surface area (Å²) in [6.07, 6.45) is 0. The van der Waals surface area contributed by atoms with Crippen LogP contribution in [0.1, 0.15) is 0 Å². The number of hydrogen-bond acceptors (Lipinski definition) is 0. The van der Waals surface area contributed by atoms with E-state index in [2.05, 4.69) is 0 Å². The van der Waals surface area contributed by atoms with E-state index in [0.29, 0.717) is 0 Å². The zero-order chi connectivity index (χ0) is 0. The summed E-state index contributed by atoms with van der Waals surface area (Å²) < 4.78 is 0. The van der Waals surface area contributed by atoms with Gasteiger partial charge in [0.05, 0.1) is 0 Å². The van der Waals surface area contributed by atoms with E-state index in [4.69, 9.17) is 0 Å². The minimum atomic E-state index is 0. The molecule has 7 heavy (non-hydrogen) atoms. The van der Waals surface area contributed by atoms with Gasteiger partial charge in [0.2, 0.25) is 0 Å². The van der Waals surface area contributed by atoms with Crippen LogP contribution in [0.5, 0.6) is 0 Å². The molecule has 50 valence electrons. The van der Waals surface area contributed by atoms with Crippen molar-refractivity contribution < 1.29 is 17.1 Å². The third-order valence-electron chi connectivity index (χ3n) is 0. The standard InChI is InChI=1S/Fe.6H2N/h;6*1H2/q+6;6*-1. The molecule has 0 aliphatic rings. The zero-order valence-electron chi connectivity index (χ0n) is 3.82. The molecule has 0 aliphatic heterocycles. The number of hydrogen-bond donors (Lipinski definition) is 0. The molecular weight excluding hydrogens is 140 g/mol. The fourth-order valence-corrected chi connectivity index (χ4v) is 0. The van der Waals surface area contributed by atoms with Crippen LogP contribution in [0.4, 0.5) is 0 Å². The third-order valence-corrected chi connectivity index (χ3v) is 0. The van der Waals surface area contributed by atoms with Crippen molar-refractivity contribution in [3.63, 3.8) is 0 Å². The molecule has 0 bridgehead atoms. The predicted molar refractivity (Wildman–Crippen MR) is 31.7 cm³/mol. The summed E-state index contributed by atoms with van der Waals surface area (Å²) >= 11 is 0. The van der Waals surface area contributed by atoms with Crippen molar-refractivity contribution in [2.24, 2.45) is 0 Å². The number of nitrogens with two attached hydrogens (primary N) is 6. The molecular formula is H12FeN6. The summed E-state index contributed by atoms with van der Waals surface area (Å²) in [7, 11) is 0. The van der Waals surface area contributed by atoms with E-state index in [9.17, 15) is 0 Å². The molecule has 6 nitrogen and oxygen atoms in total. The molecule has 0 rings (SSSR count). The van der Waals surface area contributed by atoms with Crippen LogP contribution in [0, 0.1) is 0 Å². The van der Waals surface area contributed by atoms with Gasteiger partial charge in [0.25, 0.3) is 0 Å². The first kappa shape index (κ1) is 3670. The second kappa shape index (κ2) is 2240. The normalized spacial score (nSPS) is 0. The van der Waals surface area contributed by atoms with Crippen LogP contribution < -0.4 is 0 Å². The van der Waals surface area contributed by atoms with Crippen molar-refractivity contribution in [2.45, 2.75) is 0 Å². The fourth-order valence-electron chi connectivity index (χ4n) is 0. The maximum atomic E-state index is 0. The molecule has 0 saturated carbocycles. The van der Waals surface area contributed by atoms with Gasteiger partial charge >= 0.3 is 17.1 Å². The Labute approximate surface area is 54.8 Å².